The first kappa shape index (κ1) is 20.0. The largest absolute Gasteiger partial charge is 0.393 e. The van der Waals surface area contributed by atoms with Crippen LogP contribution in [0.1, 0.15) is 66.2 Å². The second-order valence-electron chi connectivity index (χ2n) is 11.4. The quantitative estimate of drug-likeness (QED) is 0.573. The Morgan fingerprint density at radius 1 is 1.14 bits per heavy atom. The minimum Gasteiger partial charge on any atom is -0.393 e. The molecule has 1 amide bonds. The van der Waals surface area contributed by atoms with Crippen molar-refractivity contribution in [2.24, 2.45) is 40.4 Å². The normalized spacial score (nSPS) is 55.9. The summed E-state index contributed by atoms with van der Waals surface area (Å²) in [7, 11) is 0. The van der Waals surface area contributed by atoms with E-state index in [1.54, 1.807) is 0 Å². The number of amides is 1. The lowest BCUT2D eigenvalue weighted by Crippen LogP contribution is -2.72. The first-order chi connectivity index (χ1) is 13.5. The van der Waals surface area contributed by atoms with Crippen molar-refractivity contribution in [1.29, 1.82) is 0 Å². The molecule has 10 atom stereocenters. The van der Waals surface area contributed by atoms with Crippen molar-refractivity contribution >= 4 is 11.7 Å². The summed E-state index contributed by atoms with van der Waals surface area (Å²) in [4.78, 5) is 25.2. The topological polar surface area (TPSA) is 95.9 Å². The molecule has 0 aromatic rings. The number of aliphatic hydroxyl groups is 2. The molecule has 10 unspecified atom stereocenters. The van der Waals surface area contributed by atoms with Crippen molar-refractivity contribution in [1.82, 2.24) is 5.32 Å². The van der Waals surface area contributed by atoms with E-state index in [1.165, 1.54) is 0 Å². The van der Waals surface area contributed by atoms with Gasteiger partial charge in [-0.05, 0) is 43.4 Å². The number of aliphatic hydroxyl groups excluding tert-OH is 2. The monoisotopic (exact) mass is 405 g/mol. The van der Waals surface area contributed by atoms with Gasteiger partial charge in [-0.2, -0.15) is 0 Å². The zero-order valence-electron chi connectivity index (χ0n) is 18.0. The molecule has 3 aliphatic carbocycles. The number of ether oxygens (including phenoxy) is 1. The summed E-state index contributed by atoms with van der Waals surface area (Å²) >= 11 is 0. The van der Waals surface area contributed by atoms with Crippen LogP contribution in [0.25, 0.3) is 0 Å². The highest BCUT2D eigenvalue weighted by Crippen LogP contribution is 2.68. The summed E-state index contributed by atoms with van der Waals surface area (Å²) in [5.41, 5.74) is -1.03. The molecule has 6 nitrogen and oxygen atoms in total. The first-order valence-corrected chi connectivity index (χ1v) is 11.4. The molecule has 2 heterocycles. The number of hydrogen-bond acceptors (Lipinski definition) is 5. The molecule has 29 heavy (non-hydrogen) atoms. The van der Waals surface area contributed by atoms with Crippen LogP contribution in [0.5, 0.6) is 0 Å². The van der Waals surface area contributed by atoms with E-state index in [9.17, 15) is 19.8 Å². The zero-order chi connectivity index (χ0) is 20.9. The Balaban J connectivity index is 1.61. The number of carbonyl (C=O) groups excluding carboxylic acids is 2. The third-order valence-electron chi connectivity index (χ3n) is 10.1. The molecule has 2 aliphatic heterocycles. The van der Waals surface area contributed by atoms with Gasteiger partial charge < -0.3 is 20.3 Å². The number of rotatable bonds is 0. The summed E-state index contributed by atoms with van der Waals surface area (Å²) in [6, 6.07) is 0. The average Bonchev–Trinajstić information content (AvgIpc) is 2.92. The number of nitrogens with one attached hydrogen (secondary N) is 1. The van der Waals surface area contributed by atoms with Crippen LogP contribution in [0.3, 0.4) is 0 Å². The summed E-state index contributed by atoms with van der Waals surface area (Å²) in [5, 5.41) is 24.3. The lowest BCUT2D eigenvalue weighted by molar-refractivity contribution is -0.327. The Kier molecular flexibility index (Phi) is 4.16. The highest BCUT2D eigenvalue weighted by molar-refractivity contribution is 5.86. The summed E-state index contributed by atoms with van der Waals surface area (Å²) in [5.74, 6) is -0.124. The fraction of sp³-hybridized carbons (Fsp3) is 0.913. The number of carbonyl (C=O) groups is 2. The van der Waals surface area contributed by atoms with Crippen LogP contribution in [0.15, 0.2) is 0 Å². The van der Waals surface area contributed by atoms with Gasteiger partial charge in [0, 0.05) is 29.6 Å². The van der Waals surface area contributed by atoms with Gasteiger partial charge >= 0.3 is 0 Å². The summed E-state index contributed by atoms with van der Waals surface area (Å²) < 4.78 is 7.08. The molecular weight excluding hydrogens is 370 g/mol. The van der Waals surface area contributed by atoms with Crippen molar-refractivity contribution in [3.8, 4) is 0 Å². The molecule has 0 aromatic heterocycles. The Morgan fingerprint density at radius 3 is 2.59 bits per heavy atom. The fourth-order valence-electron chi connectivity index (χ4n) is 8.16. The highest BCUT2D eigenvalue weighted by atomic mass is 16.5. The van der Waals surface area contributed by atoms with E-state index >= 15 is 0 Å². The van der Waals surface area contributed by atoms with Gasteiger partial charge in [-0.25, -0.2) is 0 Å². The van der Waals surface area contributed by atoms with E-state index < -0.39 is 29.3 Å². The zero-order valence-corrected chi connectivity index (χ0v) is 18.0. The lowest BCUT2D eigenvalue weighted by Gasteiger charge is -2.69. The second-order valence-corrected chi connectivity index (χ2v) is 11.4. The van der Waals surface area contributed by atoms with Gasteiger partial charge in [0.2, 0.25) is 5.91 Å². The Bertz CT molecular complexity index is 752. The number of ketones is 1. The van der Waals surface area contributed by atoms with Crippen molar-refractivity contribution in [3.05, 3.63) is 0 Å². The second kappa shape index (κ2) is 6.04. The molecule has 1 spiro atoms. The molecule has 3 saturated carbocycles. The molecule has 0 bridgehead atoms. The molecule has 2 saturated heterocycles. The molecule has 162 valence electrons. The SMILES string of the molecule is CC1CCC2C(C)(C)C(=O)CCC23OC2C(CC13C)C(O)CC1C(=O)NC(O)C12. The van der Waals surface area contributed by atoms with E-state index in [-0.39, 0.29) is 35.2 Å². The molecule has 0 aromatic carbocycles. The van der Waals surface area contributed by atoms with Gasteiger partial charge in [0.25, 0.3) is 0 Å². The van der Waals surface area contributed by atoms with Gasteiger partial charge in [-0.1, -0.05) is 27.7 Å². The van der Waals surface area contributed by atoms with E-state index in [4.69, 9.17) is 4.74 Å². The summed E-state index contributed by atoms with van der Waals surface area (Å²) in [6.45, 7) is 8.74. The maximum Gasteiger partial charge on any atom is 0.225 e. The lowest BCUT2D eigenvalue weighted by atomic mass is 9.42. The van der Waals surface area contributed by atoms with Gasteiger partial charge in [0.05, 0.1) is 23.7 Å². The third-order valence-corrected chi connectivity index (χ3v) is 10.1. The molecule has 5 aliphatic rings. The maximum atomic E-state index is 12.8. The molecule has 5 rings (SSSR count). The van der Waals surface area contributed by atoms with E-state index in [1.807, 2.05) is 0 Å². The number of Topliss-reactive ketones (excluding diaryl/α,β-unsaturated/α-hetero) is 1. The van der Waals surface area contributed by atoms with Crippen molar-refractivity contribution in [2.45, 2.75) is 90.3 Å². The predicted molar refractivity (Wildman–Crippen MR) is 105 cm³/mol. The van der Waals surface area contributed by atoms with Gasteiger partial charge in [0.1, 0.15) is 12.0 Å². The van der Waals surface area contributed by atoms with Crippen LogP contribution in [-0.2, 0) is 14.3 Å². The minimum atomic E-state index is -0.925. The van der Waals surface area contributed by atoms with Gasteiger partial charge in [-0.3, -0.25) is 9.59 Å². The first-order valence-electron chi connectivity index (χ1n) is 11.4. The maximum absolute atomic E-state index is 12.8. The van der Waals surface area contributed by atoms with Gasteiger partial charge in [-0.15, -0.1) is 0 Å². The Labute approximate surface area is 172 Å². The third kappa shape index (κ3) is 2.34. The van der Waals surface area contributed by atoms with Crippen LogP contribution in [-0.4, -0.2) is 45.9 Å². The summed E-state index contributed by atoms with van der Waals surface area (Å²) in [6.07, 6.45) is 2.57. The van der Waals surface area contributed by atoms with E-state index in [2.05, 4.69) is 33.0 Å². The minimum absolute atomic E-state index is 0.0869. The average molecular weight is 406 g/mol. The Morgan fingerprint density at radius 2 is 1.86 bits per heavy atom. The van der Waals surface area contributed by atoms with Crippen LogP contribution in [0.4, 0.5) is 0 Å². The van der Waals surface area contributed by atoms with Crippen LogP contribution in [0.2, 0.25) is 0 Å². The fourth-order valence-corrected chi connectivity index (χ4v) is 8.16. The number of hydrogen-bond donors (Lipinski definition) is 3. The molecule has 6 heteroatoms. The van der Waals surface area contributed by atoms with Crippen molar-refractivity contribution in [3.63, 3.8) is 0 Å². The van der Waals surface area contributed by atoms with Crippen molar-refractivity contribution < 1.29 is 24.5 Å². The number of fused-ring (bicyclic) bond motifs is 3. The van der Waals surface area contributed by atoms with Crippen LogP contribution >= 0.6 is 0 Å². The standard InChI is InChI=1S/C23H35NO5/c1-11-5-6-15-21(2,3)16(26)7-8-23(15)22(11,4)10-13-14(25)9-12-17(18(13)29-23)20(28)24-19(12)27/h11-15,17-18,20,25,28H,5-10H2,1-4H3,(H,24,27). The van der Waals surface area contributed by atoms with Gasteiger partial charge in [0.15, 0.2) is 0 Å². The van der Waals surface area contributed by atoms with Crippen LogP contribution < -0.4 is 5.32 Å². The van der Waals surface area contributed by atoms with E-state index in [0.717, 1.165) is 19.3 Å². The smallest absolute Gasteiger partial charge is 0.225 e. The molecule has 5 fully saturated rings. The Hall–Kier alpha value is -0.980. The highest BCUT2D eigenvalue weighted by Gasteiger charge is 2.71. The van der Waals surface area contributed by atoms with Crippen molar-refractivity contribution in [2.75, 3.05) is 0 Å². The molecule has 3 N–H and O–H groups in total. The molecule has 0 radical (unpaired) electrons. The molecular formula is C23H35NO5. The predicted octanol–water partition coefficient (Wildman–Crippen LogP) is 2.02. The van der Waals surface area contributed by atoms with E-state index in [0.29, 0.717) is 31.0 Å². The van der Waals surface area contributed by atoms with Crippen LogP contribution in [0, 0.1) is 40.4 Å².